The third-order valence-corrected chi connectivity index (χ3v) is 4.27. The summed E-state index contributed by atoms with van der Waals surface area (Å²) in [6, 6.07) is 6.17. The van der Waals surface area contributed by atoms with Gasteiger partial charge in [0.15, 0.2) is 5.13 Å². The van der Waals surface area contributed by atoms with Crippen molar-refractivity contribution in [3.8, 4) is 5.69 Å². The van der Waals surface area contributed by atoms with Gasteiger partial charge in [0.05, 0.1) is 29.6 Å². The van der Waals surface area contributed by atoms with Crippen LogP contribution >= 0.6 is 11.3 Å². The van der Waals surface area contributed by atoms with Crippen molar-refractivity contribution >= 4 is 28.3 Å². The number of halogens is 1. The number of benzene rings is 1. The van der Waals surface area contributed by atoms with Crippen molar-refractivity contribution < 1.29 is 14.0 Å². The molecule has 0 unspecified atom stereocenters. The fourth-order valence-corrected chi connectivity index (χ4v) is 2.99. The molecule has 0 aliphatic rings. The van der Waals surface area contributed by atoms with Crippen molar-refractivity contribution in [3.63, 3.8) is 0 Å². The van der Waals surface area contributed by atoms with E-state index in [-0.39, 0.29) is 12.1 Å². The average Bonchev–Trinajstić information content (AvgIpc) is 3.14. The van der Waals surface area contributed by atoms with E-state index < -0.39 is 17.6 Å². The second kappa shape index (κ2) is 6.81. The number of carbonyl (C=O) groups is 2. The summed E-state index contributed by atoms with van der Waals surface area (Å²) >= 11 is 1.19. The van der Waals surface area contributed by atoms with E-state index in [0.717, 1.165) is 0 Å². The quantitative estimate of drug-likeness (QED) is 0.728. The highest BCUT2D eigenvalue weighted by atomic mass is 32.1. The van der Waals surface area contributed by atoms with E-state index in [1.54, 1.807) is 30.5 Å². The van der Waals surface area contributed by atoms with Crippen LogP contribution in [0.3, 0.4) is 0 Å². The number of hydrogen-bond donors (Lipinski definition) is 2. The van der Waals surface area contributed by atoms with Gasteiger partial charge in [-0.3, -0.25) is 14.9 Å². The van der Waals surface area contributed by atoms with Gasteiger partial charge in [-0.05, 0) is 19.1 Å². The zero-order valence-corrected chi connectivity index (χ0v) is 14.0. The van der Waals surface area contributed by atoms with E-state index in [0.29, 0.717) is 22.1 Å². The standard InChI is InChI=1S/C16H14FN5O2S/c1-9-11(7-19-22(9)13-5-3-2-4-12(13)17)15(24)21-16-20-10(8-25-16)6-14(18)23/h2-5,7-8H,6H2,1H3,(H2,18,23)(H,20,21,24). The lowest BCUT2D eigenvalue weighted by molar-refractivity contribution is -0.117. The highest BCUT2D eigenvalue weighted by Crippen LogP contribution is 2.20. The predicted octanol–water partition coefficient (Wildman–Crippen LogP) is 2.06. The minimum absolute atomic E-state index is 0.0105. The van der Waals surface area contributed by atoms with Gasteiger partial charge in [0.25, 0.3) is 5.91 Å². The molecule has 3 N–H and O–H groups in total. The molecule has 0 aliphatic heterocycles. The maximum atomic E-state index is 13.9. The molecule has 0 saturated carbocycles. The van der Waals surface area contributed by atoms with E-state index in [9.17, 15) is 14.0 Å². The summed E-state index contributed by atoms with van der Waals surface area (Å²) in [6.07, 6.45) is 1.38. The Kier molecular flexibility index (Phi) is 4.57. The molecule has 0 radical (unpaired) electrons. The molecule has 3 rings (SSSR count). The first-order valence-corrected chi connectivity index (χ1v) is 8.17. The fourth-order valence-electron chi connectivity index (χ4n) is 2.29. The summed E-state index contributed by atoms with van der Waals surface area (Å²) in [7, 11) is 0. The normalized spacial score (nSPS) is 10.6. The summed E-state index contributed by atoms with van der Waals surface area (Å²) in [6.45, 7) is 1.68. The van der Waals surface area contributed by atoms with Gasteiger partial charge in [0.1, 0.15) is 11.5 Å². The summed E-state index contributed by atoms with van der Waals surface area (Å²) in [5.74, 6) is -1.35. The Morgan fingerprint density at radius 1 is 1.36 bits per heavy atom. The summed E-state index contributed by atoms with van der Waals surface area (Å²) in [5, 5.41) is 8.73. The van der Waals surface area contributed by atoms with Crippen LogP contribution in [0.15, 0.2) is 35.8 Å². The molecule has 128 valence electrons. The van der Waals surface area contributed by atoms with Crippen molar-refractivity contribution in [2.45, 2.75) is 13.3 Å². The Morgan fingerprint density at radius 2 is 2.12 bits per heavy atom. The molecule has 0 bridgehead atoms. The number of aromatic nitrogens is 3. The van der Waals surface area contributed by atoms with Crippen molar-refractivity contribution in [1.82, 2.24) is 14.8 Å². The Balaban J connectivity index is 1.81. The van der Waals surface area contributed by atoms with Crippen molar-refractivity contribution in [2.75, 3.05) is 5.32 Å². The molecular formula is C16H14FN5O2S. The third-order valence-electron chi connectivity index (χ3n) is 3.46. The minimum atomic E-state index is -0.495. The molecule has 0 aliphatic carbocycles. The lowest BCUT2D eigenvalue weighted by Crippen LogP contribution is -2.15. The Bertz CT molecular complexity index is 950. The largest absolute Gasteiger partial charge is 0.369 e. The summed E-state index contributed by atoms with van der Waals surface area (Å²) in [4.78, 5) is 27.4. The number of nitrogens with zero attached hydrogens (tertiary/aromatic N) is 3. The van der Waals surface area contributed by atoms with Gasteiger partial charge in [0, 0.05) is 5.38 Å². The van der Waals surface area contributed by atoms with Crippen molar-refractivity contribution in [1.29, 1.82) is 0 Å². The van der Waals surface area contributed by atoms with Crippen LogP contribution < -0.4 is 11.1 Å². The Morgan fingerprint density at radius 3 is 2.84 bits per heavy atom. The minimum Gasteiger partial charge on any atom is -0.369 e. The lowest BCUT2D eigenvalue weighted by atomic mass is 10.2. The maximum Gasteiger partial charge on any atom is 0.260 e. The SMILES string of the molecule is Cc1c(C(=O)Nc2nc(CC(N)=O)cs2)cnn1-c1ccccc1F. The van der Waals surface area contributed by atoms with Crippen LogP contribution in [-0.4, -0.2) is 26.6 Å². The number of anilines is 1. The van der Waals surface area contributed by atoms with Crippen LogP contribution in [0.1, 0.15) is 21.7 Å². The number of rotatable bonds is 5. The Hall–Kier alpha value is -3.07. The highest BCUT2D eigenvalue weighted by molar-refractivity contribution is 7.14. The number of thiazole rings is 1. The van der Waals surface area contributed by atoms with Crippen LogP contribution in [0.2, 0.25) is 0 Å². The van der Waals surface area contributed by atoms with E-state index in [2.05, 4.69) is 15.4 Å². The van der Waals surface area contributed by atoms with Crippen LogP contribution in [0, 0.1) is 12.7 Å². The van der Waals surface area contributed by atoms with Gasteiger partial charge in [-0.15, -0.1) is 11.3 Å². The molecule has 25 heavy (non-hydrogen) atoms. The maximum absolute atomic E-state index is 13.9. The second-order valence-electron chi connectivity index (χ2n) is 5.25. The third kappa shape index (κ3) is 3.56. The Labute approximate surface area is 146 Å². The number of carbonyl (C=O) groups excluding carboxylic acids is 2. The molecule has 7 nitrogen and oxygen atoms in total. The van der Waals surface area contributed by atoms with Gasteiger partial charge in [-0.1, -0.05) is 12.1 Å². The summed E-state index contributed by atoms with van der Waals surface area (Å²) < 4.78 is 15.3. The molecule has 2 heterocycles. The molecule has 1 aromatic carbocycles. The van der Waals surface area contributed by atoms with Crippen LogP contribution in [0.5, 0.6) is 0 Å². The molecule has 0 saturated heterocycles. The fraction of sp³-hybridized carbons (Fsp3) is 0.125. The molecule has 2 amide bonds. The van der Waals surface area contributed by atoms with E-state index >= 15 is 0 Å². The number of primary amides is 1. The average molecular weight is 359 g/mol. The monoisotopic (exact) mass is 359 g/mol. The zero-order chi connectivity index (χ0) is 18.0. The topological polar surface area (TPSA) is 103 Å². The molecule has 0 fully saturated rings. The zero-order valence-electron chi connectivity index (χ0n) is 13.2. The van der Waals surface area contributed by atoms with Crippen molar-refractivity contribution in [3.05, 3.63) is 58.6 Å². The van der Waals surface area contributed by atoms with Gasteiger partial charge in [0.2, 0.25) is 5.91 Å². The first kappa shape index (κ1) is 16.8. The van der Waals surface area contributed by atoms with E-state index in [4.69, 9.17) is 5.73 Å². The number of amides is 2. The molecule has 3 aromatic rings. The van der Waals surface area contributed by atoms with E-state index in [1.807, 2.05) is 0 Å². The molecular weight excluding hydrogens is 345 g/mol. The van der Waals surface area contributed by atoms with Crippen LogP contribution in [-0.2, 0) is 11.2 Å². The van der Waals surface area contributed by atoms with Gasteiger partial charge >= 0.3 is 0 Å². The number of para-hydroxylation sites is 1. The molecule has 0 atom stereocenters. The molecule has 9 heteroatoms. The predicted molar refractivity (Wildman–Crippen MR) is 91.2 cm³/mol. The molecule has 0 spiro atoms. The van der Waals surface area contributed by atoms with Crippen LogP contribution in [0.4, 0.5) is 9.52 Å². The first-order valence-electron chi connectivity index (χ1n) is 7.29. The number of nitrogens with one attached hydrogen (secondary N) is 1. The van der Waals surface area contributed by atoms with Gasteiger partial charge < -0.3 is 5.73 Å². The number of hydrogen-bond acceptors (Lipinski definition) is 5. The van der Waals surface area contributed by atoms with Gasteiger partial charge in [-0.2, -0.15) is 5.10 Å². The molecule has 2 aromatic heterocycles. The van der Waals surface area contributed by atoms with Crippen LogP contribution in [0.25, 0.3) is 5.69 Å². The number of nitrogens with two attached hydrogens (primary N) is 1. The lowest BCUT2D eigenvalue weighted by Gasteiger charge is -2.06. The van der Waals surface area contributed by atoms with E-state index in [1.165, 1.54) is 28.3 Å². The van der Waals surface area contributed by atoms with Crippen molar-refractivity contribution in [2.24, 2.45) is 5.73 Å². The van der Waals surface area contributed by atoms with Gasteiger partial charge in [-0.25, -0.2) is 14.1 Å². The first-order chi connectivity index (χ1) is 12.0. The summed E-state index contributed by atoms with van der Waals surface area (Å²) in [5.41, 5.74) is 6.66. The highest BCUT2D eigenvalue weighted by Gasteiger charge is 2.18. The smallest absolute Gasteiger partial charge is 0.260 e. The second-order valence-corrected chi connectivity index (χ2v) is 6.11.